The van der Waals surface area contributed by atoms with Gasteiger partial charge in [0, 0.05) is 42.9 Å². The molecule has 3 N–H and O–H groups in total. The van der Waals surface area contributed by atoms with Crippen molar-refractivity contribution in [1.82, 2.24) is 14.9 Å². The molecule has 2 aromatic rings. The van der Waals surface area contributed by atoms with Crippen LogP contribution in [0, 0.1) is 6.92 Å². The van der Waals surface area contributed by atoms with Gasteiger partial charge in [-0.2, -0.15) is 23.1 Å². The lowest BCUT2D eigenvalue weighted by Gasteiger charge is -2.28. The SMILES string of the molecule is C1CC2COCCN2C1.CC.CC/C(C)=C(/C(F)=c1/nc(OC)nc2/c1=C(/C)OC(C)CCN=CCN2)c1c(Cl)c(N)cc(C)c1C(F)(F)F. The molecule has 2 saturated heterocycles. The van der Waals surface area contributed by atoms with Crippen LogP contribution in [0.5, 0.6) is 6.01 Å². The van der Waals surface area contributed by atoms with Gasteiger partial charge in [-0.1, -0.05) is 37.9 Å². The van der Waals surface area contributed by atoms with Crippen molar-refractivity contribution in [3.05, 3.63) is 43.9 Å². The number of rotatable bonds is 4. The smallest absolute Gasteiger partial charge is 0.417 e. The number of fused-ring (bicyclic) bond motifs is 2. The van der Waals surface area contributed by atoms with E-state index in [1.807, 2.05) is 20.8 Å². The van der Waals surface area contributed by atoms with Gasteiger partial charge >= 0.3 is 12.2 Å². The Morgan fingerprint density at radius 3 is 2.54 bits per heavy atom. The molecule has 0 radical (unpaired) electrons. The van der Waals surface area contributed by atoms with Crippen molar-refractivity contribution in [1.29, 1.82) is 0 Å². The second-order valence-electron chi connectivity index (χ2n) is 12.1. The molecule has 1 aromatic heterocycles. The Balaban J connectivity index is 0.000000519. The molecule has 50 heavy (non-hydrogen) atoms. The monoisotopic (exact) mass is 726 g/mol. The van der Waals surface area contributed by atoms with Gasteiger partial charge in [-0.3, -0.25) is 9.89 Å². The molecule has 3 aliphatic rings. The summed E-state index contributed by atoms with van der Waals surface area (Å²) < 4.78 is 76.7. The fraction of sp³-hybridized carbons (Fsp3) is 0.583. The number of aryl methyl sites for hydroxylation is 1. The normalized spacial score (nSPS) is 21.7. The molecule has 4 heterocycles. The Morgan fingerprint density at radius 1 is 1.18 bits per heavy atom. The van der Waals surface area contributed by atoms with Crippen LogP contribution in [0.15, 0.2) is 16.6 Å². The van der Waals surface area contributed by atoms with Crippen LogP contribution in [0.1, 0.15) is 83.9 Å². The highest BCUT2D eigenvalue weighted by Gasteiger charge is 2.39. The molecule has 1 aromatic carbocycles. The van der Waals surface area contributed by atoms with Crippen LogP contribution in [-0.2, 0) is 15.7 Å². The number of methoxy groups -OCH3 is 1. The summed E-state index contributed by atoms with van der Waals surface area (Å²) in [5.41, 5.74) is 4.02. The number of nitrogens with two attached hydrogens (primary N) is 1. The van der Waals surface area contributed by atoms with Crippen LogP contribution < -0.4 is 26.4 Å². The Hall–Kier alpha value is -3.42. The van der Waals surface area contributed by atoms with Crippen molar-refractivity contribution in [3.8, 4) is 6.01 Å². The molecule has 2 fully saturated rings. The van der Waals surface area contributed by atoms with E-state index in [4.69, 9.17) is 31.5 Å². The number of hydrogen-bond acceptors (Lipinski definition) is 9. The molecule has 9 nitrogen and oxygen atoms in total. The van der Waals surface area contributed by atoms with Gasteiger partial charge in [0.15, 0.2) is 5.83 Å². The van der Waals surface area contributed by atoms with Crippen LogP contribution in [0.2, 0.25) is 5.02 Å². The summed E-state index contributed by atoms with van der Waals surface area (Å²) in [6, 6.07) is 1.71. The van der Waals surface area contributed by atoms with Gasteiger partial charge in [-0.05, 0) is 65.1 Å². The number of nitrogens with one attached hydrogen (secondary N) is 1. The first-order chi connectivity index (χ1) is 23.8. The van der Waals surface area contributed by atoms with Gasteiger partial charge in [-0.25, -0.2) is 4.39 Å². The van der Waals surface area contributed by atoms with Gasteiger partial charge in [-0.15, -0.1) is 0 Å². The van der Waals surface area contributed by atoms with E-state index in [0.717, 1.165) is 25.3 Å². The van der Waals surface area contributed by atoms with E-state index >= 15 is 4.39 Å². The van der Waals surface area contributed by atoms with Gasteiger partial charge < -0.3 is 25.3 Å². The minimum atomic E-state index is -4.84. The fourth-order valence-electron chi connectivity index (χ4n) is 6.13. The van der Waals surface area contributed by atoms with Crippen LogP contribution >= 0.6 is 11.6 Å². The first-order valence-corrected chi connectivity index (χ1v) is 17.6. The number of allylic oxidation sites excluding steroid dienone is 2. The molecule has 3 aliphatic heterocycles. The van der Waals surface area contributed by atoms with E-state index in [2.05, 4.69) is 25.2 Å². The Kier molecular flexibility index (Phi) is 15.3. The van der Waals surface area contributed by atoms with E-state index in [-0.39, 0.29) is 64.0 Å². The van der Waals surface area contributed by atoms with E-state index in [0.29, 0.717) is 18.5 Å². The quantitative estimate of drug-likeness (QED) is 0.258. The topological polar surface area (TPSA) is 107 Å². The van der Waals surface area contributed by atoms with Crippen LogP contribution in [-0.4, -0.2) is 79.7 Å². The lowest BCUT2D eigenvalue weighted by Crippen LogP contribution is -2.40. The predicted molar refractivity (Wildman–Crippen MR) is 194 cm³/mol. The molecule has 0 aliphatic carbocycles. The van der Waals surface area contributed by atoms with Gasteiger partial charge in [0.25, 0.3) is 0 Å². The molecular formula is C36H51ClF4N6O3. The second-order valence-corrected chi connectivity index (χ2v) is 12.5. The van der Waals surface area contributed by atoms with Crippen LogP contribution in [0.25, 0.3) is 17.2 Å². The highest BCUT2D eigenvalue weighted by molar-refractivity contribution is 6.35. The number of morpholine rings is 1. The van der Waals surface area contributed by atoms with Gasteiger partial charge in [0.05, 0.1) is 54.5 Å². The zero-order valence-corrected chi connectivity index (χ0v) is 31.1. The molecule has 2 atom stereocenters. The minimum Gasteiger partial charge on any atom is -0.494 e. The molecule has 14 heteroatoms. The minimum absolute atomic E-state index is 0.105. The lowest BCUT2D eigenvalue weighted by atomic mass is 9.90. The maximum Gasteiger partial charge on any atom is 0.417 e. The summed E-state index contributed by atoms with van der Waals surface area (Å²) in [6.45, 7) is 17.2. The maximum absolute atomic E-state index is 16.9. The third kappa shape index (κ3) is 9.88. The number of hydrogen-bond donors (Lipinski definition) is 2. The summed E-state index contributed by atoms with van der Waals surface area (Å²) in [6.07, 6.45) is 0.0805. The summed E-state index contributed by atoms with van der Waals surface area (Å²) in [5, 5.41) is 2.49. The number of anilines is 2. The molecule has 278 valence electrons. The van der Waals surface area contributed by atoms with Crippen LogP contribution in [0.3, 0.4) is 0 Å². The summed E-state index contributed by atoms with van der Waals surface area (Å²) in [4.78, 5) is 15.4. The zero-order valence-electron chi connectivity index (χ0n) is 30.4. The maximum atomic E-state index is 16.9. The number of benzene rings is 1. The Bertz CT molecular complexity index is 1650. The highest BCUT2D eigenvalue weighted by Crippen LogP contribution is 2.46. The third-order valence-corrected chi connectivity index (χ3v) is 9.10. The average molecular weight is 727 g/mol. The first-order valence-electron chi connectivity index (χ1n) is 17.2. The summed E-state index contributed by atoms with van der Waals surface area (Å²) >= 11 is 6.41. The number of ether oxygens (including phenoxy) is 3. The standard InChI is InChI=1S/C27H32ClF4N5O2.C7H13NO.C2H6/c1-7-13(2)18(20-21(27(30,31)32)14(3)12-17(33)22(20)28)23(29)24-19-16(5)39-15(4)8-9-34-10-11-35-25(19)37-26(36-24)38-6;1-2-7-6-9-5-4-8(7)3-1;1-2/h10,12,15H,7-9,11,33H2,1-6H3,(H,35,36,37);7H,1-6H2;1-2H3/b18-13+,19-16-,24-23-,34-10?;;. The van der Waals surface area contributed by atoms with E-state index in [9.17, 15) is 13.2 Å². The van der Waals surface area contributed by atoms with Crippen molar-refractivity contribution in [2.45, 2.75) is 92.5 Å². The predicted octanol–water partition coefficient (Wildman–Crippen LogP) is 6.94. The first kappa shape index (κ1) is 41.0. The number of aromatic nitrogens is 2. The highest BCUT2D eigenvalue weighted by atomic mass is 35.5. The van der Waals surface area contributed by atoms with Gasteiger partial charge in [0.2, 0.25) is 0 Å². The van der Waals surface area contributed by atoms with Crippen molar-refractivity contribution in [2.24, 2.45) is 4.99 Å². The average Bonchev–Trinajstić information content (AvgIpc) is 3.56. The Morgan fingerprint density at radius 2 is 1.90 bits per heavy atom. The van der Waals surface area contributed by atoms with Crippen molar-refractivity contribution >= 4 is 46.5 Å². The van der Waals surface area contributed by atoms with Crippen molar-refractivity contribution < 1.29 is 31.8 Å². The summed E-state index contributed by atoms with van der Waals surface area (Å²) in [5.74, 6) is -0.604. The molecule has 0 saturated carbocycles. The number of halogens is 5. The fourth-order valence-corrected chi connectivity index (χ4v) is 6.37. The number of nitrogens with zero attached hydrogens (tertiary/aromatic N) is 4. The second kappa shape index (κ2) is 18.7. The van der Waals surface area contributed by atoms with Crippen molar-refractivity contribution in [2.75, 3.05) is 57.6 Å². The van der Waals surface area contributed by atoms with E-state index in [1.165, 1.54) is 46.9 Å². The molecule has 0 amide bonds. The van der Waals surface area contributed by atoms with Gasteiger partial charge in [0.1, 0.15) is 16.9 Å². The third-order valence-electron chi connectivity index (χ3n) is 8.70. The molecule has 0 bridgehead atoms. The van der Waals surface area contributed by atoms with Crippen molar-refractivity contribution in [3.63, 3.8) is 0 Å². The molecule has 2 unspecified atom stereocenters. The van der Waals surface area contributed by atoms with E-state index in [1.54, 1.807) is 20.1 Å². The number of nitrogen functional groups attached to an aromatic ring is 1. The number of aliphatic imine (C=N–C) groups is 1. The van der Waals surface area contributed by atoms with E-state index < -0.39 is 28.2 Å². The zero-order chi connectivity index (χ0) is 37.2. The molecule has 5 rings (SSSR count). The summed E-state index contributed by atoms with van der Waals surface area (Å²) in [7, 11) is 1.30. The molecular weight excluding hydrogens is 676 g/mol. The largest absolute Gasteiger partial charge is 0.494 e. The Labute approximate surface area is 297 Å². The molecule has 0 spiro atoms. The number of alkyl halides is 3. The lowest BCUT2D eigenvalue weighted by molar-refractivity contribution is -0.138. The van der Waals surface area contributed by atoms with Crippen LogP contribution in [0.4, 0.5) is 29.1 Å².